The van der Waals surface area contributed by atoms with E-state index in [0.29, 0.717) is 16.3 Å². The molecule has 3 rings (SSSR count). The summed E-state index contributed by atoms with van der Waals surface area (Å²) in [6.07, 6.45) is 1.69. The van der Waals surface area contributed by atoms with Gasteiger partial charge in [0.2, 0.25) is 0 Å². The van der Waals surface area contributed by atoms with Gasteiger partial charge in [-0.3, -0.25) is 10.1 Å². The van der Waals surface area contributed by atoms with Crippen LogP contribution in [0.3, 0.4) is 0 Å². The molecule has 6 heteroatoms. The average molecular weight is 381 g/mol. The molecule has 1 atom stereocenters. The minimum atomic E-state index is -3.72. The quantitative estimate of drug-likeness (QED) is 0.344. The van der Waals surface area contributed by atoms with Crippen LogP contribution in [0.2, 0.25) is 0 Å². The molecular formula is C21H19NO4S. The molecule has 0 radical (unpaired) electrons. The summed E-state index contributed by atoms with van der Waals surface area (Å²) in [7, 11) is -3.72. The fourth-order valence-electron chi connectivity index (χ4n) is 3.12. The van der Waals surface area contributed by atoms with Crippen molar-refractivity contribution >= 4 is 26.3 Å². The number of nitrogens with zero attached hydrogens (tertiary/aromatic N) is 1. The van der Waals surface area contributed by atoms with Crippen molar-refractivity contribution in [3.63, 3.8) is 0 Å². The second-order valence-electron chi connectivity index (χ2n) is 6.50. The van der Waals surface area contributed by atoms with Crippen molar-refractivity contribution in [2.24, 2.45) is 0 Å². The Bertz CT molecular complexity index is 1130. The lowest BCUT2D eigenvalue weighted by atomic mass is 9.99. The maximum Gasteiger partial charge on any atom is 0.277 e. The lowest BCUT2D eigenvalue weighted by molar-refractivity contribution is -0.383. The summed E-state index contributed by atoms with van der Waals surface area (Å²) in [4.78, 5) is 11.1. The van der Waals surface area contributed by atoms with E-state index in [9.17, 15) is 18.5 Å². The van der Waals surface area contributed by atoms with Crippen molar-refractivity contribution in [1.29, 1.82) is 0 Å². The Kier molecular flexibility index (Phi) is 5.10. The Morgan fingerprint density at radius 2 is 1.52 bits per heavy atom. The molecule has 1 unspecified atom stereocenters. The summed E-state index contributed by atoms with van der Waals surface area (Å²) in [5, 5.41) is 11.4. The fraction of sp³-hybridized carbons (Fsp3) is 0.143. The third kappa shape index (κ3) is 3.61. The van der Waals surface area contributed by atoms with Crippen LogP contribution >= 0.6 is 0 Å². The predicted molar refractivity (Wildman–Crippen MR) is 106 cm³/mol. The van der Waals surface area contributed by atoms with Crippen LogP contribution in [-0.2, 0) is 9.84 Å². The van der Waals surface area contributed by atoms with Gasteiger partial charge in [0.05, 0.1) is 15.2 Å². The van der Waals surface area contributed by atoms with Gasteiger partial charge < -0.3 is 0 Å². The Hall–Kier alpha value is -2.99. The highest BCUT2D eigenvalue weighted by atomic mass is 32.2. The molecule has 0 amide bonds. The molecule has 0 fully saturated rings. The summed E-state index contributed by atoms with van der Waals surface area (Å²) in [6, 6.07) is 18.0. The van der Waals surface area contributed by atoms with E-state index in [-0.39, 0.29) is 10.6 Å². The van der Waals surface area contributed by atoms with E-state index in [1.54, 1.807) is 66.7 Å². The lowest BCUT2D eigenvalue weighted by Gasteiger charge is -2.18. The van der Waals surface area contributed by atoms with Crippen molar-refractivity contribution in [2.45, 2.75) is 24.0 Å². The first-order valence-corrected chi connectivity index (χ1v) is 9.97. The topological polar surface area (TPSA) is 77.3 Å². The van der Waals surface area contributed by atoms with Crippen LogP contribution in [0.15, 0.2) is 83.3 Å². The maximum absolute atomic E-state index is 13.4. The second kappa shape index (κ2) is 7.32. The van der Waals surface area contributed by atoms with E-state index < -0.39 is 20.0 Å². The first-order valence-electron chi connectivity index (χ1n) is 8.42. The fourth-order valence-corrected chi connectivity index (χ4v) is 4.94. The Labute approximate surface area is 158 Å². The van der Waals surface area contributed by atoms with Crippen molar-refractivity contribution in [3.05, 3.63) is 94.1 Å². The summed E-state index contributed by atoms with van der Waals surface area (Å²) in [5.41, 5.74) is 1.34. The first kappa shape index (κ1) is 18.8. The van der Waals surface area contributed by atoms with Crippen molar-refractivity contribution in [1.82, 2.24) is 0 Å². The largest absolute Gasteiger partial charge is 0.277 e. The van der Waals surface area contributed by atoms with E-state index in [2.05, 4.69) is 0 Å². The SMILES string of the molecule is CC(C)=CC(c1ccc([N+](=O)[O-])c2ccccc12)S(=O)(=O)c1ccccc1. The zero-order valence-corrected chi connectivity index (χ0v) is 15.8. The van der Waals surface area contributed by atoms with Gasteiger partial charge in [0.15, 0.2) is 9.84 Å². The number of benzene rings is 3. The number of nitro groups is 1. The van der Waals surface area contributed by atoms with Gasteiger partial charge in [0, 0.05) is 6.07 Å². The maximum atomic E-state index is 13.4. The highest BCUT2D eigenvalue weighted by molar-refractivity contribution is 7.91. The minimum Gasteiger partial charge on any atom is -0.258 e. The van der Waals surface area contributed by atoms with Crippen LogP contribution in [0.4, 0.5) is 5.69 Å². The molecule has 3 aromatic rings. The van der Waals surface area contributed by atoms with Gasteiger partial charge in [-0.1, -0.05) is 48.0 Å². The van der Waals surface area contributed by atoms with Crippen LogP contribution in [0.5, 0.6) is 0 Å². The molecule has 27 heavy (non-hydrogen) atoms. The Morgan fingerprint density at radius 3 is 2.11 bits per heavy atom. The van der Waals surface area contributed by atoms with Crippen molar-refractivity contribution in [3.8, 4) is 0 Å². The van der Waals surface area contributed by atoms with Gasteiger partial charge in [-0.2, -0.15) is 0 Å². The molecule has 138 valence electrons. The summed E-state index contributed by atoms with van der Waals surface area (Å²) < 4.78 is 26.7. The molecule has 0 saturated carbocycles. The van der Waals surface area contributed by atoms with E-state index in [4.69, 9.17) is 0 Å². The third-order valence-electron chi connectivity index (χ3n) is 4.33. The molecule has 0 spiro atoms. The molecule has 0 heterocycles. The van der Waals surface area contributed by atoms with E-state index in [1.165, 1.54) is 6.07 Å². The predicted octanol–water partition coefficient (Wildman–Crippen LogP) is 5.23. The van der Waals surface area contributed by atoms with Gasteiger partial charge in [-0.25, -0.2) is 8.42 Å². The molecule has 0 saturated heterocycles. The highest BCUT2D eigenvalue weighted by Crippen LogP contribution is 2.38. The number of non-ortho nitro benzene ring substituents is 1. The van der Waals surface area contributed by atoms with E-state index in [1.807, 2.05) is 13.8 Å². The molecule has 0 bridgehead atoms. The normalized spacial score (nSPS) is 12.5. The van der Waals surface area contributed by atoms with Crippen LogP contribution < -0.4 is 0 Å². The molecule has 0 aromatic heterocycles. The van der Waals surface area contributed by atoms with E-state index >= 15 is 0 Å². The molecular weight excluding hydrogens is 362 g/mol. The van der Waals surface area contributed by atoms with Crippen molar-refractivity contribution in [2.75, 3.05) is 0 Å². The van der Waals surface area contributed by atoms with Crippen molar-refractivity contribution < 1.29 is 13.3 Å². The molecule has 0 aliphatic rings. The molecule has 5 nitrogen and oxygen atoms in total. The van der Waals surface area contributed by atoms with Gasteiger partial charge in [0.1, 0.15) is 5.25 Å². The van der Waals surface area contributed by atoms with Crippen LogP contribution in [0.25, 0.3) is 10.8 Å². The van der Waals surface area contributed by atoms with Gasteiger partial charge in [0.25, 0.3) is 5.69 Å². The third-order valence-corrected chi connectivity index (χ3v) is 6.32. The average Bonchev–Trinajstić information content (AvgIpc) is 2.65. The number of rotatable bonds is 5. The minimum absolute atomic E-state index is 0.0394. The lowest BCUT2D eigenvalue weighted by Crippen LogP contribution is -2.13. The van der Waals surface area contributed by atoms with E-state index in [0.717, 1.165) is 5.57 Å². The highest BCUT2D eigenvalue weighted by Gasteiger charge is 2.29. The van der Waals surface area contributed by atoms with Gasteiger partial charge >= 0.3 is 0 Å². The number of hydrogen-bond donors (Lipinski definition) is 0. The van der Waals surface area contributed by atoms with Crippen LogP contribution in [-0.4, -0.2) is 13.3 Å². The summed E-state index contributed by atoms with van der Waals surface area (Å²) in [6.45, 7) is 3.67. The number of fused-ring (bicyclic) bond motifs is 1. The number of sulfone groups is 1. The Balaban J connectivity index is 2.32. The number of nitro benzene ring substituents is 1. The zero-order valence-electron chi connectivity index (χ0n) is 15.0. The standard InChI is InChI=1S/C21H19NO4S/c1-15(2)14-21(27(25,26)16-8-4-3-5-9-16)19-12-13-20(22(23)24)18-11-7-6-10-17(18)19/h3-14,21H,1-2H3. The summed E-state index contributed by atoms with van der Waals surface area (Å²) >= 11 is 0. The first-order chi connectivity index (χ1) is 12.8. The van der Waals surface area contributed by atoms with Gasteiger partial charge in [-0.15, -0.1) is 0 Å². The molecule has 3 aromatic carbocycles. The monoisotopic (exact) mass is 381 g/mol. The Morgan fingerprint density at radius 1 is 0.926 bits per heavy atom. The molecule has 0 aliphatic heterocycles. The van der Waals surface area contributed by atoms with Crippen LogP contribution in [0.1, 0.15) is 24.7 Å². The molecule has 0 aliphatic carbocycles. The van der Waals surface area contributed by atoms with Crippen LogP contribution in [0, 0.1) is 10.1 Å². The molecule has 0 N–H and O–H groups in total. The number of hydrogen-bond acceptors (Lipinski definition) is 4. The number of allylic oxidation sites excluding steroid dienone is 1. The van der Waals surface area contributed by atoms with Gasteiger partial charge in [-0.05, 0) is 49.1 Å². The smallest absolute Gasteiger partial charge is 0.258 e. The summed E-state index contributed by atoms with van der Waals surface area (Å²) in [5.74, 6) is 0. The second-order valence-corrected chi connectivity index (χ2v) is 8.57. The zero-order chi connectivity index (χ0) is 19.6.